The van der Waals surface area contributed by atoms with Crippen LogP contribution < -0.4 is 10.3 Å². The summed E-state index contributed by atoms with van der Waals surface area (Å²) < 4.78 is 7.93. The number of hydrogen-bond acceptors (Lipinski definition) is 4. The predicted octanol–water partition coefficient (Wildman–Crippen LogP) is 2.82. The van der Waals surface area contributed by atoms with Crippen molar-refractivity contribution >= 4 is 21.4 Å². The molecule has 0 aromatic carbocycles. The quantitative estimate of drug-likeness (QED) is 0.743. The standard InChI is InChI=1S/C15H14N2O2S/c1-10-7-12(19-2)8-11(16-10)9-17-5-3-14-13(15(17)18)4-6-20-14/h3-8H,9H2,1-2H3. The molecule has 3 aromatic rings. The number of nitrogens with zero attached hydrogens (tertiary/aromatic N) is 2. The molecule has 0 aliphatic heterocycles. The van der Waals surface area contributed by atoms with Crippen LogP contribution in [0.3, 0.4) is 0 Å². The van der Waals surface area contributed by atoms with Crippen LogP contribution in [0.4, 0.5) is 0 Å². The van der Waals surface area contributed by atoms with E-state index in [0.717, 1.165) is 27.2 Å². The number of thiophene rings is 1. The maximum Gasteiger partial charge on any atom is 0.259 e. The number of aryl methyl sites for hydroxylation is 1. The minimum atomic E-state index is 0.0195. The van der Waals surface area contributed by atoms with Gasteiger partial charge in [-0.2, -0.15) is 0 Å². The molecule has 0 aliphatic rings. The van der Waals surface area contributed by atoms with Crippen LogP contribution in [0.15, 0.2) is 40.6 Å². The van der Waals surface area contributed by atoms with Gasteiger partial charge >= 0.3 is 0 Å². The molecular formula is C15H14N2O2S. The predicted molar refractivity (Wildman–Crippen MR) is 80.7 cm³/mol. The SMILES string of the molecule is COc1cc(C)nc(Cn2ccc3sccc3c2=O)c1. The van der Waals surface area contributed by atoms with Crippen LogP contribution >= 0.6 is 11.3 Å². The Morgan fingerprint density at radius 2 is 2.20 bits per heavy atom. The number of aromatic nitrogens is 2. The average molecular weight is 286 g/mol. The fourth-order valence-corrected chi connectivity index (χ4v) is 2.98. The van der Waals surface area contributed by atoms with Gasteiger partial charge < -0.3 is 9.30 Å². The van der Waals surface area contributed by atoms with Gasteiger partial charge in [0.15, 0.2) is 0 Å². The topological polar surface area (TPSA) is 44.1 Å². The lowest BCUT2D eigenvalue weighted by molar-refractivity contribution is 0.413. The van der Waals surface area contributed by atoms with Crippen molar-refractivity contribution in [3.05, 3.63) is 57.6 Å². The zero-order valence-electron chi connectivity index (χ0n) is 11.3. The van der Waals surface area contributed by atoms with Gasteiger partial charge in [-0.15, -0.1) is 11.3 Å². The van der Waals surface area contributed by atoms with E-state index >= 15 is 0 Å². The summed E-state index contributed by atoms with van der Waals surface area (Å²) in [5.74, 6) is 0.761. The van der Waals surface area contributed by atoms with E-state index in [1.54, 1.807) is 23.0 Å². The van der Waals surface area contributed by atoms with Gasteiger partial charge in [0.25, 0.3) is 5.56 Å². The van der Waals surface area contributed by atoms with E-state index in [2.05, 4.69) is 4.98 Å². The molecule has 102 valence electrons. The highest BCUT2D eigenvalue weighted by Crippen LogP contribution is 2.17. The Morgan fingerprint density at radius 1 is 1.35 bits per heavy atom. The zero-order chi connectivity index (χ0) is 14.1. The summed E-state index contributed by atoms with van der Waals surface area (Å²) in [7, 11) is 1.63. The number of methoxy groups -OCH3 is 1. The zero-order valence-corrected chi connectivity index (χ0v) is 12.1. The molecule has 0 amide bonds. The Labute approximate surface area is 120 Å². The van der Waals surface area contributed by atoms with E-state index in [1.165, 1.54) is 0 Å². The Kier molecular flexibility index (Phi) is 3.28. The Balaban J connectivity index is 2.02. The molecule has 0 spiro atoms. The van der Waals surface area contributed by atoms with Gasteiger partial charge in [-0.25, -0.2) is 0 Å². The fraction of sp³-hybridized carbons (Fsp3) is 0.200. The highest BCUT2D eigenvalue weighted by molar-refractivity contribution is 7.17. The summed E-state index contributed by atoms with van der Waals surface area (Å²) in [5, 5.41) is 2.70. The normalized spacial score (nSPS) is 10.9. The summed E-state index contributed by atoms with van der Waals surface area (Å²) in [4.78, 5) is 16.8. The molecule has 5 heteroatoms. The minimum Gasteiger partial charge on any atom is -0.497 e. The summed E-state index contributed by atoms with van der Waals surface area (Å²) in [6.45, 7) is 2.36. The molecule has 0 unspecified atom stereocenters. The second kappa shape index (κ2) is 5.09. The molecule has 3 heterocycles. The van der Waals surface area contributed by atoms with Crippen molar-refractivity contribution in [3.8, 4) is 5.75 Å². The van der Waals surface area contributed by atoms with E-state index in [0.29, 0.717) is 6.54 Å². The molecule has 20 heavy (non-hydrogen) atoms. The van der Waals surface area contributed by atoms with Gasteiger partial charge in [0, 0.05) is 28.7 Å². The van der Waals surface area contributed by atoms with Gasteiger partial charge in [-0.1, -0.05) is 0 Å². The molecule has 0 atom stereocenters. The van der Waals surface area contributed by atoms with Crippen molar-refractivity contribution in [3.63, 3.8) is 0 Å². The van der Waals surface area contributed by atoms with Crippen LogP contribution in [-0.4, -0.2) is 16.7 Å². The number of ether oxygens (including phenoxy) is 1. The highest BCUT2D eigenvalue weighted by atomic mass is 32.1. The molecule has 0 radical (unpaired) electrons. The molecule has 0 N–H and O–H groups in total. The lowest BCUT2D eigenvalue weighted by Crippen LogP contribution is -2.20. The number of fused-ring (bicyclic) bond motifs is 1. The Bertz CT molecular complexity index is 820. The molecule has 4 nitrogen and oxygen atoms in total. The monoisotopic (exact) mass is 286 g/mol. The molecule has 0 aliphatic carbocycles. The van der Waals surface area contributed by atoms with E-state index in [4.69, 9.17) is 4.74 Å². The first kappa shape index (κ1) is 12.9. The third kappa shape index (κ3) is 2.32. The van der Waals surface area contributed by atoms with Gasteiger partial charge in [0.05, 0.1) is 24.7 Å². The summed E-state index contributed by atoms with van der Waals surface area (Å²) in [6, 6.07) is 7.56. The summed E-state index contributed by atoms with van der Waals surface area (Å²) in [6.07, 6.45) is 1.82. The average Bonchev–Trinajstić information content (AvgIpc) is 2.90. The van der Waals surface area contributed by atoms with Crippen LogP contribution in [0.1, 0.15) is 11.4 Å². The van der Waals surface area contributed by atoms with Crippen LogP contribution in [-0.2, 0) is 6.54 Å². The highest BCUT2D eigenvalue weighted by Gasteiger charge is 2.06. The number of rotatable bonds is 3. The third-order valence-corrected chi connectivity index (χ3v) is 4.02. The van der Waals surface area contributed by atoms with E-state index in [-0.39, 0.29) is 5.56 Å². The van der Waals surface area contributed by atoms with Gasteiger partial charge in [0.2, 0.25) is 0 Å². The van der Waals surface area contributed by atoms with Crippen LogP contribution in [0.25, 0.3) is 10.1 Å². The molecule has 0 fully saturated rings. The van der Waals surface area contributed by atoms with E-state index in [1.807, 2.05) is 42.8 Å². The molecular weight excluding hydrogens is 272 g/mol. The van der Waals surface area contributed by atoms with Crippen molar-refractivity contribution in [2.75, 3.05) is 7.11 Å². The van der Waals surface area contributed by atoms with Crippen molar-refractivity contribution < 1.29 is 4.74 Å². The second-order valence-corrected chi connectivity index (χ2v) is 5.53. The fourth-order valence-electron chi connectivity index (χ4n) is 2.21. The smallest absolute Gasteiger partial charge is 0.259 e. The van der Waals surface area contributed by atoms with Crippen LogP contribution in [0.5, 0.6) is 5.75 Å². The summed E-state index contributed by atoms with van der Waals surface area (Å²) in [5.41, 5.74) is 1.72. The van der Waals surface area contributed by atoms with Crippen LogP contribution in [0.2, 0.25) is 0 Å². The number of pyridine rings is 2. The first-order chi connectivity index (χ1) is 9.67. The first-order valence-electron chi connectivity index (χ1n) is 6.25. The van der Waals surface area contributed by atoms with Crippen molar-refractivity contribution in [1.29, 1.82) is 0 Å². The third-order valence-electron chi connectivity index (χ3n) is 3.14. The lowest BCUT2D eigenvalue weighted by atomic mass is 10.2. The van der Waals surface area contributed by atoms with Gasteiger partial charge in [-0.3, -0.25) is 9.78 Å². The van der Waals surface area contributed by atoms with Crippen LogP contribution in [0, 0.1) is 6.92 Å². The van der Waals surface area contributed by atoms with E-state index < -0.39 is 0 Å². The summed E-state index contributed by atoms with van der Waals surface area (Å²) >= 11 is 1.58. The van der Waals surface area contributed by atoms with Crippen molar-refractivity contribution in [2.45, 2.75) is 13.5 Å². The molecule has 0 bridgehead atoms. The van der Waals surface area contributed by atoms with Gasteiger partial charge in [0.1, 0.15) is 5.75 Å². The maximum absolute atomic E-state index is 12.3. The largest absolute Gasteiger partial charge is 0.497 e. The molecule has 0 saturated heterocycles. The van der Waals surface area contributed by atoms with E-state index in [9.17, 15) is 4.79 Å². The first-order valence-corrected chi connectivity index (χ1v) is 7.13. The molecule has 3 rings (SSSR count). The van der Waals surface area contributed by atoms with Crippen molar-refractivity contribution in [1.82, 2.24) is 9.55 Å². The lowest BCUT2D eigenvalue weighted by Gasteiger charge is -2.08. The molecule has 0 saturated carbocycles. The number of hydrogen-bond donors (Lipinski definition) is 0. The van der Waals surface area contributed by atoms with Crippen molar-refractivity contribution in [2.24, 2.45) is 0 Å². The Hall–Kier alpha value is -2.14. The van der Waals surface area contributed by atoms with Gasteiger partial charge in [-0.05, 0) is 24.4 Å². The Morgan fingerprint density at radius 3 is 3.00 bits per heavy atom. The second-order valence-electron chi connectivity index (χ2n) is 4.59. The maximum atomic E-state index is 12.3. The molecule has 3 aromatic heterocycles. The minimum absolute atomic E-state index is 0.0195.